The standard InChI is InChI=1S/C19H21N3O2S/c23-18(21-16-9-12-3-4-15(16)20-12)11-2-5-17-13(8-11)14(10-25-17)19(24)22-6-1-7-22/h2,5,8,10,12,15-16,20H,1,3-4,6-7,9H2,(H,21,23)/t12-,15+,16-/m1/s1. The Morgan fingerprint density at radius 1 is 1.24 bits per heavy atom. The van der Waals surface area contributed by atoms with Crippen LogP contribution in [0.5, 0.6) is 0 Å². The topological polar surface area (TPSA) is 61.4 Å². The van der Waals surface area contributed by atoms with Gasteiger partial charge in [0.1, 0.15) is 0 Å². The Hall–Kier alpha value is -1.92. The van der Waals surface area contributed by atoms with Gasteiger partial charge in [0.2, 0.25) is 0 Å². The quantitative estimate of drug-likeness (QED) is 0.889. The number of carbonyl (C=O) groups is 2. The van der Waals surface area contributed by atoms with Gasteiger partial charge in [-0.1, -0.05) is 0 Å². The van der Waals surface area contributed by atoms with Gasteiger partial charge in [-0.25, -0.2) is 0 Å². The van der Waals surface area contributed by atoms with Crippen LogP contribution in [0.1, 0.15) is 46.4 Å². The molecule has 6 heteroatoms. The zero-order chi connectivity index (χ0) is 17.0. The lowest BCUT2D eigenvalue weighted by Gasteiger charge is -2.30. The number of likely N-dealkylation sites (tertiary alicyclic amines) is 1. The summed E-state index contributed by atoms with van der Waals surface area (Å²) in [5.74, 6) is 0.0576. The molecule has 0 saturated carbocycles. The molecule has 1 aromatic heterocycles. The second kappa shape index (κ2) is 5.81. The molecule has 3 atom stereocenters. The first-order chi connectivity index (χ1) is 12.2. The van der Waals surface area contributed by atoms with E-state index in [1.165, 1.54) is 6.42 Å². The van der Waals surface area contributed by atoms with E-state index >= 15 is 0 Å². The van der Waals surface area contributed by atoms with Crippen LogP contribution in [0, 0.1) is 0 Å². The largest absolute Gasteiger partial charge is 0.348 e. The minimum absolute atomic E-state index is 0.0326. The fourth-order valence-electron chi connectivity index (χ4n) is 4.26. The van der Waals surface area contributed by atoms with Crippen LogP contribution in [0.15, 0.2) is 23.6 Å². The maximum absolute atomic E-state index is 12.7. The predicted octanol–water partition coefficient (Wildman–Crippen LogP) is 2.37. The van der Waals surface area contributed by atoms with Gasteiger partial charge in [-0.05, 0) is 43.9 Å². The first-order valence-electron chi connectivity index (χ1n) is 9.06. The molecule has 25 heavy (non-hydrogen) atoms. The monoisotopic (exact) mass is 355 g/mol. The van der Waals surface area contributed by atoms with E-state index in [9.17, 15) is 9.59 Å². The van der Waals surface area contributed by atoms with Crippen LogP contribution >= 0.6 is 11.3 Å². The molecule has 0 aliphatic carbocycles. The van der Waals surface area contributed by atoms with Crippen molar-refractivity contribution < 1.29 is 9.59 Å². The second-order valence-corrected chi connectivity index (χ2v) is 8.28. The van der Waals surface area contributed by atoms with Gasteiger partial charge in [-0.15, -0.1) is 11.3 Å². The number of hydrogen-bond donors (Lipinski definition) is 2. The van der Waals surface area contributed by atoms with E-state index in [1.807, 2.05) is 28.5 Å². The molecular formula is C19H21N3O2S. The van der Waals surface area contributed by atoms with Crippen LogP contribution in [0.25, 0.3) is 10.1 Å². The summed E-state index contributed by atoms with van der Waals surface area (Å²) in [4.78, 5) is 27.1. The Balaban J connectivity index is 1.39. The van der Waals surface area contributed by atoms with Crippen molar-refractivity contribution in [3.63, 3.8) is 0 Å². The molecular weight excluding hydrogens is 334 g/mol. The van der Waals surface area contributed by atoms with E-state index in [1.54, 1.807) is 11.3 Å². The molecule has 3 saturated heterocycles. The maximum atomic E-state index is 12.7. The molecule has 5 nitrogen and oxygen atoms in total. The Labute approximate surface area is 150 Å². The van der Waals surface area contributed by atoms with Crippen molar-refractivity contribution in [3.05, 3.63) is 34.7 Å². The number of nitrogens with one attached hydrogen (secondary N) is 2. The molecule has 0 radical (unpaired) electrons. The molecule has 130 valence electrons. The van der Waals surface area contributed by atoms with Gasteiger partial charge in [0.15, 0.2) is 0 Å². The van der Waals surface area contributed by atoms with Crippen LogP contribution in [-0.4, -0.2) is 47.9 Å². The Kier molecular flexibility index (Phi) is 3.57. The fourth-order valence-corrected chi connectivity index (χ4v) is 5.18. The van der Waals surface area contributed by atoms with Gasteiger partial charge in [0, 0.05) is 52.2 Å². The summed E-state index contributed by atoms with van der Waals surface area (Å²) in [6.07, 6.45) is 4.47. The van der Waals surface area contributed by atoms with Gasteiger partial charge >= 0.3 is 0 Å². The molecule has 0 unspecified atom stereocenters. The van der Waals surface area contributed by atoms with Crippen molar-refractivity contribution in [1.82, 2.24) is 15.5 Å². The summed E-state index contributed by atoms with van der Waals surface area (Å²) >= 11 is 1.57. The van der Waals surface area contributed by atoms with Gasteiger partial charge < -0.3 is 15.5 Å². The molecule has 0 spiro atoms. The van der Waals surface area contributed by atoms with Crippen LogP contribution in [0.4, 0.5) is 0 Å². The Morgan fingerprint density at radius 3 is 2.80 bits per heavy atom. The minimum Gasteiger partial charge on any atom is -0.348 e. The number of thiophene rings is 1. The van der Waals surface area contributed by atoms with Crippen molar-refractivity contribution >= 4 is 33.2 Å². The van der Waals surface area contributed by atoms with E-state index in [0.29, 0.717) is 17.6 Å². The maximum Gasteiger partial charge on any atom is 0.255 e. The van der Waals surface area contributed by atoms with E-state index in [0.717, 1.165) is 48.0 Å². The lowest BCUT2D eigenvalue weighted by Crippen LogP contribution is -2.43. The average molecular weight is 355 g/mol. The smallest absolute Gasteiger partial charge is 0.255 e. The molecule has 3 aliphatic heterocycles. The van der Waals surface area contributed by atoms with Crippen molar-refractivity contribution in [3.8, 4) is 0 Å². The zero-order valence-electron chi connectivity index (χ0n) is 14.0. The normalized spacial score (nSPS) is 27.5. The molecule has 4 heterocycles. The third-order valence-corrected chi connectivity index (χ3v) is 6.79. The highest BCUT2D eigenvalue weighted by molar-refractivity contribution is 7.17. The minimum atomic E-state index is -0.0326. The number of benzene rings is 1. The molecule has 2 bridgehead atoms. The van der Waals surface area contributed by atoms with Crippen molar-refractivity contribution in [1.29, 1.82) is 0 Å². The first-order valence-corrected chi connectivity index (χ1v) is 9.94. The van der Waals surface area contributed by atoms with Gasteiger partial charge in [0.05, 0.1) is 5.56 Å². The molecule has 1 aromatic carbocycles. The number of rotatable bonds is 3. The molecule has 2 aromatic rings. The lowest BCUT2D eigenvalue weighted by atomic mass is 9.95. The number of nitrogens with zero attached hydrogens (tertiary/aromatic N) is 1. The summed E-state index contributed by atoms with van der Waals surface area (Å²) < 4.78 is 1.06. The highest BCUT2D eigenvalue weighted by Crippen LogP contribution is 2.30. The van der Waals surface area contributed by atoms with Gasteiger partial charge in [0.25, 0.3) is 11.8 Å². The van der Waals surface area contributed by atoms with Crippen LogP contribution in [0.3, 0.4) is 0 Å². The fraction of sp³-hybridized carbons (Fsp3) is 0.474. The van der Waals surface area contributed by atoms with Crippen molar-refractivity contribution in [2.45, 2.75) is 43.8 Å². The van der Waals surface area contributed by atoms with Crippen LogP contribution in [0.2, 0.25) is 0 Å². The van der Waals surface area contributed by atoms with Crippen LogP contribution in [-0.2, 0) is 0 Å². The van der Waals surface area contributed by atoms with Crippen LogP contribution < -0.4 is 10.6 Å². The molecule has 3 fully saturated rings. The van der Waals surface area contributed by atoms with E-state index in [4.69, 9.17) is 0 Å². The number of hydrogen-bond acceptors (Lipinski definition) is 4. The van der Waals surface area contributed by atoms with Gasteiger partial charge in [-0.2, -0.15) is 0 Å². The highest BCUT2D eigenvalue weighted by atomic mass is 32.1. The zero-order valence-corrected chi connectivity index (χ0v) is 14.8. The van der Waals surface area contributed by atoms with Crippen molar-refractivity contribution in [2.24, 2.45) is 0 Å². The number of carbonyl (C=O) groups excluding carboxylic acids is 2. The summed E-state index contributed by atoms with van der Waals surface area (Å²) in [6.45, 7) is 1.68. The number of fused-ring (bicyclic) bond motifs is 3. The molecule has 3 aliphatic rings. The Morgan fingerprint density at radius 2 is 2.12 bits per heavy atom. The average Bonchev–Trinajstić information content (AvgIpc) is 3.27. The third-order valence-electron chi connectivity index (χ3n) is 5.83. The highest BCUT2D eigenvalue weighted by Gasteiger charge is 2.39. The summed E-state index contributed by atoms with van der Waals surface area (Å²) in [7, 11) is 0. The second-order valence-electron chi connectivity index (χ2n) is 7.37. The predicted molar refractivity (Wildman–Crippen MR) is 98.2 cm³/mol. The molecule has 5 rings (SSSR count). The summed E-state index contributed by atoms with van der Waals surface area (Å²) in [5.41, 5.74) is 1.38. The molecule has 2 N–H and O–H groups in total. The lowest BCUT2D eigenvalue weighted by molar-refractivity contribution is 0.0654. The SMILES string of the molecule is O=C(N[C@@H]1C[C@H]2CC[C@@H]1N2)c1ccc2scc(C(=O)N3CCC3)c2c1. The first kappa shape index (κ1) is 15.3. The molecule has 2 amide bonds. The van der Waals surface area contributed by atoms with E-state index in [2.05, 4.69) is 10.6 Å². The van der Waals surface area contributed by atoms with E-state index in [-0.39, 0.29) is 17.9 Å². The van der Waals surface area contributed by atoms with Gasteiger partial charge in [-0.3, -0.25) is 9.59 Å². The summed E-state index contributed by atoms with van der Waals surface area (Å²) in [6, 6.07) is 6.92. The third kappa shape index (κ3) is 2.55. The summed E-state index contributed by atoms with van der Waals surface area (Å²) in [5, 5.41) is 9.56. The van der Waals surface area contributed by atoms with Crippen molar-refractivity contribution in [2.75, 3.05) is 13.1 Å². The Bertz CT molecular complexity index is 857. The van der Waals surface area contributed by atoms with E-state index < -0.39 is 0 Å². The number of amides is 2.